The van der Waals surface area contributed by atoms with Crippen LogP contribution >= 0.6 is 0 Å². The fourth-order valence-corrected chi connectivity index (χ4v) is 7.08. The molecule has 0 aliphatic carbocycles. The zero-order chi connectivity index (χ0) is 32.3. The molecule has 10 rings (SSSR count). The molecule has 2 heterocycles. The summed E-state index contributed by atoms with van der Waals surface area (Å²) in [6, 6.07) is 57.1. The van der Waals surface area contributed by atoms with Gasteiger partial charge in [0, 0.05) is 27.5 Å². The van der Waals surface area contributed by atoms with Gasteiger partial charge in [-0.05, 0) is 79.8 Å². The molecular formula is C45H27N3O. The number of aromatic nitrogens is 3. The third kappa shape index (κ3) is 4.65. The first-order valence-corrected chi connectivity index (χ1v) is 16.4. The molecule has 8 aromatic carbocycles. The zero-order valence-corrected chi connectivity index (χ0v) is 26.3. The molecule has 10 aromatic rings. The molecule has 0 atom stereocenters. The van der Waals surface area contributed by atoms with E-state index in [4.69, 9.17) is 19.4 Å². The summed E-state index contributed by atoms with van der Waals surface area (Å²) < 4.78 is 6.17. The first-order chi connectivity index (χ1) is 24.2. The number of fused-ring (bicyclic) bond motifs is 6. The molecule has 0 saturated carbocycles. The van der Waals surface area contributed by atoms with E-state index in [-0.39, 0.29) is 0 Å². The van der Waals surface area contributed by atoms with Crippen LogP contribution in [0.5, 0.6) is 0 Å². The monoisotopic (exact) mass is 625 g/mol. The minimum absolute atomic E-state index is 0.627. The predicted octanol–water partition coefficient (Wildman–Crippen LogP) is 11.9. The van der Waals surface area contributed by atoms with E-state index >= 15 is 0 Å². The summed E-state index contributed by atoms with van der Waals surface area (Å²) in [4.78, 5) is 15.4. The van der Waals surface area contributed by atoms with Crippen molar-refractivity contribution >= 4 is 54.3 Å². The molecule has 0 fully saturated rings. The quantitative estimate of drug-likeness (QED) is 0.195. The van der Waals surface area contributed by atoms with Gasteiger partial charge in [0.2, 0.25) is 0 Å². The number of benzene rings is 8. The number of hydrogen-bond donors (Lipinski definition) is 0. The van der Waals surface area contributed by atoms with Crippen molar-refractivity contribution in [3.8, 4) is 45.3 Å². The topological polar surface area (TPSA) is 51.8 Å². The van der Waals surface area contributed by atoms with E-state index in [0.717, 1.165) is 65.7 Å². The Labute approximate surface area is 282 Å². The molecule has 0 saturated heterocycles. The SMILES string of the molecule is c1ccc(-c2nc(-c3ccc4cc5oc6ccccc6c5cc4c3)nc(-c3cc(-c4cccc5ccccc45)cc4ccccc34)n2)cc1. The van der Waals surface area contributed by atoms with Crippen LogP contribution in [0.3, 0.4) is 0 Å². The Morgan fingerprint density at radius 2 is 0.959 bits per heavy atom. The van der Waals surface area contributed by atoms with Crippen LogP contribution in [0, 0.1) is 0 Å². The molecule has 0 unspecified atom stereocenters. The van der Waals surface area contributed by atoms with Gasteiger partial charge in [0.15, 0.2) is 17.5 Å². The Kier molecular flexibility index (Phi) is 6.15. The van der Waals surface area contributed by atoms with Crippen molar-refractivity contribution in [2.45, 2.75) is 0 Å². The summed E-state index contributed by atoms with van der Waals surface area (Å²) in [5.74, 6) is 1.90. The average Bonchev–Trinajstić information content (AvgIpc) is 3.53. The highest BCUT2D eigenvalue weighted by Crippen LogP contribution is 2.38. The van der Waals surface area contributed by atoms with Crippen LogP contribution in [0.25, 0.3) is 99.5 Å². The van der Waals surface area contributed by atoms with E-state index in [9.17, 15) is 0 Å². The maximum absolute atomic E-state index is 6.17. The van der Waals surface area contributed by atoms with Gasteiger partial charge in [-0.15, -0.1) is 0 Å². The summed E-state index contributed by atoms with van der Waals surface area (Å²) in [7, 11) is 0. The maximum Gasteiger partial charge on any atom is 0.164 e. The Hall–Kier alpha value is -6.65. The van der Waals surface area contributed by atoms with Gasteiger partial charge in [-0.2, -0.15) is 0 Å². The number of para-hydroxylation sites is 1. The van der Waals surface area contributed by atoms with Crippen LogP contribution in [0.1, 0.15) is 0 Å². The smallest absolute Gasteiger partial charge is 0.164 e. The minimum atomic E-state index is 0.627. The molecule has 0 aliphatic rings. The van der Waals surface area contributed by atoms with Crippen LogP contribution < -0.4 is 0 Å². The molecule has 0 bridgehead atoms. The lowest BCUT2D eigenvalue weighted by molar-refractivity contribution is 0.669. The highest BCUT2D eigenvalue weighted by Gasteiger charge is 2.17. The van der Waals surface area contributed by atoms with Crippen molar-refractivity contribution in [1.29, 1.82) is 0 Å². The van der Waals surface area contributed by atoms with Crippen LogP contribution in [-0.2, 0) is 0 Å². The molecule has 0 spiro atoms. The van der Waals surface area contributed by atoms with Gasteiger partial charge in [0.25, 0.3) is 0 Å². The molecule has 228 valence electrons. The normalized spacial score (nSPS) is 11.7. The predicted molar refractivity (Wildman–Crippen MR) is 201 cm³/mol. The van der Waals surface area contributed by atoms with Gasteiger partial charge in [0.1, 0.15) is 11.2 Å². The standard InChI is InChI=1S/C45H27N3O/c1-2-12-29(13-3-1)43-46-44(32-22-21-30-27-42-39(25-33(30)24-32)38-18-8-9-20-41(38)49-42)48-45(47-43)40-26-34(23-31-14-5-7-17-36(31)40)37-19-10-15-28-11-4-6-16-35(28)37/h1-27H. The van der Waals surface area contributed by atoms with Gasteiger partial charge in [-0.25, -0.2) is 15.0 Å². The van der Waals surface area contributed by atoms with Crippen LogP contribution in [0.2, 0.25) is 0 Å². The largest absolute Gasteiger partial charge is 0.456 e. The Balaban J connectivity index is 1.21. The van der Waals surface area contributed by atoms with Crippen LogP contribution in [-0.4, -0.2) is 15.0 Å². The lowest BCUT2D eigenvalue weighted by atomic mass is 9.93. The minimum Gasteiger partial charge on any atom is -0.456 e. The highest BCUT2D eigenvalue weighted by molar-refractivity contribution is 6.10. The first kappa shape index (κ1) is 27.5. The second-order valence-corrected chi connectivity index (χ2v) is 12.5. The van der Waals surface area contributed by atoms with Crippen LogP contribution in [0.4, 0.5) is 0 Å². The lowest BCUT2D eigenvalue weighted by Gasteiger charge is -2.14. The fraction of sp³-hybridized carbons (Fsp3) is 0. The Morgan fingerprint density at radius 3 is 1.82 bits per heavy atom. The summed E-state index contributed by atoms with van der Waals surface area (Å²) in [5.41, 5.74) is 6.90. The molecule has 4 nitrogen and oxygen atoms in total. The first-order valence-electron chi connectivity index (χ1n) is 16.4. The molecule has 4 heteroatoms. The molecule has 0 N–H and O–H groups in total. The molecule has 0 aliphatic heterocycles. The van der Waals surface area contributed by atoms with Gasteiger partial charge in [-0.3, -0.25) is 0 Å². The second kappa shape index (κ2) is 11.0. The van der Waals surface area contributed by atoms with E-state index in [2.05, 4.69) is 127 Å². The molecule has 0 radical (unpaired) electrons. The lowest BCUT2D eigenvalue weighted by Crippen LogP contribution is -2.01. The van der Waals surface area contributed by atoms with Crippen molar-refractivity contribution in [3.05, 3.63) is 164 Å². The van der Waals surface area contributed by atoms with Crippen LogP contribution in [0.15, 0.2) is 168 Å². The van der Waals surface area contributed by atoms with Gasteiger partial charge in [0.05, 0.1) is 0 Å². The molecular weight excluding hydrogens is 599 g/mol. The Bertz CT molecular complexity index is 2890. The fourth-order valence-electron chi connectivity index (χ4n) is 7.08. The van der Waals surface area contributed by atoms with E-state index in [1.165, 1.54) is 16.3 Å². The van der Waals surface area contributed by atoms with E-state index < -0.39 is 0 Å². The number of nitrogens with zero attached hydrogens (tertiary/aromatic N) is 3. The van der Waals surface area contributed by atoms with Crippen molar-refractivity contribution in [1.82, 2.24) is 15.0 Å². The summed E-state index contributed by atoms with van der Waals surface area (Å²) in [5, 5.41) is 9.05. The van der Waals surface area contributed by atoms with E-state index in [1.807, 2.05) is 36.4 Å². The highest BCUT2D eigenvalue weighted by atomic mass is 16.3. The van der Waals surface area contributed by atoms with Crippen molar-refractivity contribution in [2.24, 2.45) is 0 Å². The van der Waals surface area contributed by atoms with Crippen molar-refractivity contribution in [2.75, 3.05) is 0 Å². The third-order valence-corrected chi connectivity index (χ3v) is 9.46. The number of rotatable bonds is 4. The maximum atomic E-state index is 6.17. The van der Waals surface area contributed by atoms with Crippen molar-refractivity contribution in [3.63, 3.8) is 0 Å². The number of hydrogen-bond acceptors (Lipinski definition) is 4. The Morgan fingerprint density at radius 1 is 0.306 bits per heavy atom. The summed E-state index contributed by atoms with van der Waals surface area (Å²) in [6.07, 6.45) is 0. The average molecular weight is 626 g/mol. The molecule has 49 heavy (non-hydrogen) atoms. The second-order valence-electron chi connectivity index (χ2n) is 12.5. The zero-order valence-electron chi connectivity index (χ0n) is 26.3. The van der Waals surface area contributed by atoms with E-state index in [1.54, 1.807) is 0 Å². The molecule has 2 aromatic heterocycles. The number of furan rings is 1. The van der Waals surface area contributed by atoms with E-state index in [0.29, 0.717) is 17.5 Å². The third-order valence-electron chi connectivity index (χ3n) is 9.46. The summed E-state index contributed by atoms with van der Waals surface area (Å²) >= 11 is 0. The van der Waals surface area contributed by atoms with Gasteiger partial charge >= 0.3 is 0 Å². The molecule has 0 amide bonds. The van der Waals surface area contributed by atoms with Gasteiger partial charge in [-0.1, -0.05) is 127 Å². The van der Waals surface area contributed by atoms with Gasteiger partial charge < -0.3 is 4.42 Å². The summed E-state index contributed by atoms with van der Waals surface area (Å²) in [6.45, 7) is 0. The van der Waals surface area contributed by atoms with Crippen molar-refractivity contribution < 1.29 is 4.42 Å².